The number of nitrogens with two attached hydrogens (primary N) is 1. The van der Waals surface area contributed by atoms with Crippen molar-refractivity contribution in [2.45, 2.75) is 51.2 Å². The fraction of sp³-hybridized carbons (Fsp3) is 0.692. The lowest BCUT2D eigenvalue weighted by Crippen LogP contribution is -2.42. The quantitative estimate of drug-likeness (QED) is 0.705. The second-order valence-corrected chi connectivity index (χ2v) is 4.96. The van der Waals surface area contributed by atoms with Gasteiger partial charge in [-0.2, -0.15) is 5.10 Å². The van der Waals surface area contributed by atoms with Crippen LogP contribution in [0.15, 0.2) is 6.20 Å². The summed E-state index contributed by atoms with van der Waals surface area (Å²) in [6, 6.07) is -0.445. The highest BCUT2D eigenvalue weighted by atomic mass is 16.3. The number of aromatic nitrogens is 2. The molecular formula is C13H22N4O2. The van der Waals surface area contributed by atoms with Crippen LogP contribution in [0, 0.1) is 0 Å². The third-order valence-corrected chi connectivity index (χ3v) is 3.67. The van der Waals surface area contributed by atoms with E-state index in [0.717, 1.165) is 30.5 Å². The Bertz CT molecular complexity index is 444. The van der Waals surface area contributed by atoms with Crippen molar-refractivity contribution in [2.75, 3.05) is 6.61 Å². The predicted octanol–water partition coefficient (Wildman–Crippen LogP) is 0.106. The van der Waals surface area contributed by atoms with Gasteiger partial charge in [-0.15, -0.1) is 0 Å². The maximum Gasteiger partial charge on any atom is 0.237 e. The first-order valence-corrected chi connectivity index (χ1v) is 6.88. The highest BCUT2D eigenvalue weighted by Crippen LogP contribution is 2.29. The van der Waals surface area contributed by atoms with E-state index in [1.54, 1.807) is 6.20 Å². The molecule has 6 nitrogen and oxygen atoms in total. The van der Waals surface area contributed by atoms with Crippen LogP contribution in [0.4, 0.5) is 0 Å². The van der Waals surface area contributed by atoms with Crippen molar-refractivity contribution in [3.8, 4) is 0 Å². The maximum absolute atomic E-state index is 11.9. The lowest BCUT2D eigenvalue weighted by atomic mass is 9.92. The summed E-state index contributed by atoms with van der Waals surface area (Å²) in [6.45, 7) is 2.48. The van der Waals surface area contributed by atoms with Crippen LogP contribution in [0.25, 0.3) is 0 Å². The zero-order chi connectivity index (χ0) is 13.8. The second kappa shape index (κ2) is 6.16. The molecule has 1 aromatic heterocycles. The minimum atomic E-state index is -0.446. The Morgan fingerprint density at radius 2 is 2.53 bits per heavy atom. The predicted molar refractivity (Wildman–Crippen MR) is 71.4 cm³/mol. The van der Waals surface area contributed by atoms with Gasteiger partial charge in [0.15, 0.2) is 0 Å². The number of fused-ring (bicyclic) bond motifs is 1. The third kappa shape index (κ3) is 2.96. The largest absolute Gasteiger partial charge is 0.394 e. The number of aliphatic hydroxyl groups excluding tert-OH is 1. The number of nitrogens with one attached hydrogen (secondary N) is 1. The Morgan fingerprint density at radius 1 is 1.74 bits per heavy atom. The summed E-state index contributed by atoms with van der Waals surface area (Å²) in [7, 11) is 0. The van der Waals surface area contributed by atoms with E-state index in [4.69, 9.17) is 10.8 Å². The van der Waals surface area contributed by atoms with Gasteiger partial charge in [-0.1, -0.05) is 6.92 Å². The average molecular weight is 266 g/mol. The summed E-state index contributed by atoms with van der Waals surface area (Å²) in [5.74, 6) is -0.102. The van der Waals surface area contributed by atoms with Gasteiger partial charge in [-0.25, -0.2) is 0 Å². The van der Waals surface area contributed by atoms with Crippen LogP contribution in [0.5, 0.6) is 0 Å². The molecule has 1 heterocycles. The molecule has 2 atom stereocenters. The minimum Gasteiger partial charge on any atom is -0.394 e. The molecule has 1 unspecified atom stereocenters. The van der Waals surface area contributed by atoms with E-state index in [2.05, 4.69) is 10.4 Å². The molecule has 4 N–H and O–H groups in total. The van der Waals surface area contributed by atoms with Crippen LogP contribution in [0.2, 0.25) is 0 Å². The number of nitrogens with zero attached hydrogens (tertiary/aromatic N) is 2. The van der Waals surface area contributed by atoms with Crippen molar-refractivity contribution in [3.63, 3.8) is 0 Å². The van der Waals surface area contributed by atoms with Crippen LogP contribution in [-0.4, -0.2) is 33.4 Å². The van der Waals surface area contributed by atoms with Gasteiger partial charge in [0.25, 0.3) is 0 Å². The van der Waals surface area contributed by atoms with Gasteiger partial charge >= 0.3 is 0 Å². The van der Waals surface area contributed by atoms with E-state index >= 15 is 0 Å². The molecule has 0 spiro atoms. The van der Waals surface area contributed by atoms with Gasteiger partial charge in [-0.05, 0) is 25.7 Å². The van der Waals surface area contributed by atoms with Gasteiger partial charge in [0.1, 0.15) is 0 Å². The molecule has 1 aliphatic rings. The molecule has 1 amide bonds. The summed E-state index contributed by atoms with van der Waals surface area (Å²) < 4.78 is 1.83. The van der Waals surface area contributed by atoms with Crippen molar-refractivity contribution in [1.82, 2.24) is 15.1 Å². The molecule has 0 radical (unpaired) electrons. The topological polar surface area (TPSA) is 93.2 Å². The zero-order valence-electron chi connectivity index (χ0n) is 11.3. The van der Waals surface area contributed by atoms with Gasteiger partial charge in [0, 0.05) is 11.3 Å². The molecule has 19 heavy (non-hydrogen) atoms. The van der Waals surface area contributed by atoms with E-state index in [1.165, 1.54) is 0 Å². The molecule has 2 rings (SSSR count). The van der Waals surface area contributed by atoms with Crippen LogP contribution in [-0.2, 0) is 17.8 Å². The van der Waals surface area contributed by atoms with Crippen molar-refractivity contribution < 1.29 is 9.90 Å². The highest BCUT2D eigenvalue weighted by molar-refractivity contribution is 5.81. The number of rotatable bonds is 5. The Morgan fingerprint density at radius 3 is 3.21 bits per heavy atom. The van der Waals surface area contributed by atoms with Crippen LogP contribution in [0.1, 0.15) is 43.5 Å². The molecular weight excluding hydrogens is 244 g/mol. The number of hydrogen-bond acceptors (Lipinski definition) is 4. The summed E-state index contributed by atoms with van der Waals surface area (Å²) in [6.07, 6.45) is 5.31. The number of hydrogen-bond donors (Lipinski definition) is 3. The number of carbonyl (C=O) groups is 1. The normalized spacial score (nSPS) is 19.8. The summed E-state index contributed by atoms with van der Waals surface area (Å²) in [5, 5.41) is 16.3. The summed E-state index contributed by atoms with van der Waals surface area (Å²) >= 11 is 0. The average Bonchev–Trinajstić information content (AvgIpc) is 2.83. The van der Waals surface area contributed by atoms with Crippen molar-refractivity contribution in [3.05, 3.63) is 17.5 Å². The van der Waals surface area contributed by atoms with E-state index in [-0.39, 0.29) is 18.6 Å². The third-order valence-electron chi connectivity index (χ3n) is 3.67. The Hall–Kier alpha value is -1.40. The van der Waals surface area contributed by atoms with Crippen LogP contribution in [0.3, 0.4) is 0 Å². The first-order chi connectivity index (χ1) is 9.17. The van der Waals surface area contributed by atoms with Crippen molar-refractivity contribution >= 4 is 5.91 Å². The van der Waals surface area contributed by atoms with E-state index in [1.807, 2.05) is 11.6 Å². The first-order valence-electron chi connectivity index (χ1n) is 6.88. The zero-order valence-corrected chi connectivity index (χ0v) is 11.3. The maximum atomic E-state index is 11.9. The van der Waals surface area contributed by atoms with Crippen molar-refractivity contribution in [1.29, 1.82) is 0 Å². The molecule has 0 aromatic carbocycles. The number of carbonyl (C=O) groups excluding carboxylic acids is 1. The van der Waals surface area contributed by atoms with Gasteiger partial charge < -0.3 is 16.2 Å². The molecule has 1 aliphatic carbocycles. The van der Waals surface area contributed by atoms with Crippen LogP contribution < -0.4 is 11.1 Å². The summed E-state index contributed by atoms with van der Waals surface area (Å²) in [4.78, 5) is 11.9. The Kier molecular flexibility index (Phi) is 4.55. The first kappa shape index (κ1) is 14.0. The van der Waals surface area contributed by atoms with E-state index < -0.39 is 6.04 Å². The van der Waals surface area contributed by atoms with Gasteiger partial charge in [-0.3, -0.25) is 9.48 Å². The molecule has 0 aliphatic heterocycles. The number of amides is 1. The van der Waals surface area contributed by atoms with Crippen molar-refractivity contribution in [2.24, 2.45) is 5.73 Å². The molecule has 0 bridgehead atoms. The van der Waals surface area contributed by atoms with E-state index in [0.29, 0.717) is 13.0 Å². The fourth-order valence-corrected chi connectivity index (χ4v) is 2.52. The molecule has 0 saturated heterocycles. The lowest BCUT2D eigenvalue weighted by Gasteiger charge is -2.25. The molecule has 6 heteroatoms. The van der Waals surface area contributed by atoms with Gasteiger partial charge in [0.05, 0.1) is 31.4 Å². The van der Waals surface area contributed by atoms with Gasteiger partial charge in [0.2, 0.25) is 5.91 Å². The molecule has 106 valence electrons. The fourth-order valence-electron chi connectivity index (χ4n) is 2.52. The monoisotopic (exact) mass is 266 g/mol. The molecule has 0 fully saturated rings. The second-order valence-electron chi connectivity index (χ2n) is 4.96. The Labute approximate surface area is 113 Å². The molecule has 0 saturated carbocycles. The SMILES string of the molecule is CC[C@H](N)C(=O)NC1CCCc2c1cnn2CCO. The van der Waals surface area contributed by atoms with E-state index in [9.17, 15) is 4.79 Å². The molecule has 1 aromatic rings. The number of aliphatic hydroxyl groups is 1. The highest BCUT2D eigenvalue weighted by Gasteiger charge is 2.26. The minimum absolute atomic E-state index is 0.00120. The van der Waals surface area contributed by atoms with Crippen LogP contribution >= 0.6 is 0 Å². The Balaban J connectivity index is 2.12. The summed E-state index contributed by atoms with van der Waals surface area (Å²) in [5.41, 5.74) is 7.93. The smallest absolute Gasteiger partial charge is 0.237 e. The lowest BCUT2D eigenvalue weighted by molar-refractivity contribution is -0.123. The standard InChI is InChI=1S/C13H22N4O2/c1-2-10(14)13(19)16-11-4-3-5-12-9(11)8-15-17(12)6-7-18/h8,10-11,18H,2-7,14H2,1H3,(H,16,19)/t10-,11?/m0/s1.